The molecule has 0 fully saturated rings. The van der Waals surface area contributed by atoms with Crippen LogP contribution in [0.4, 0.5) is 0 Å². The summed E-state index contributed by atoms with van der Waals surface area (Å²) in [6, 6.07) is 0. The van der Waals surface area contributed by atoms with Gasteiger partial charge >= 0.3 is 33.6 Å². The molecule has 0 saturated carbocycles. The molecule has 0 amide bonds. The number of aliphatic hydroxyl groups is 2. The number of carbonyl (C=O) groups excluding carboxylic acids is 3. The first-order valence-electron chi connectivity index (χ1n) is 43.1. The van der Waals surface area contributed by atoms with Gasteiger partial charge in [-0.1, -0.05) is 338 Å². The number of ether oxygens (including phenoxy) is 3. The van der Waals surface area contributed by atoms with Gasteiger partial charge in [-0.3, -0.25) is 32.5 Å². The summed E-state index contributed by atoms with van der Waals surface area (Å²) in [5.74, 6) is -1.60. The number of allylic oxidation sites excluding steroid dienone is 30. The number of phosphoric ester groups is 2. The van der Waals surface area contributed by atoms with E-state index in [1.165, 1.54) is 57.8 Å². The van der Waals surface area contributed by atoms with Gasteiger partial charge in [-0.15, -0.1) is 0 Å². The summed E-state index contributed by atoms with van der Waals surface area (Å²) in [6.45, 7) is 2.33. The van der Waals surface area contributed by atoms with E-state index in [-0.39, 0.29) is 19.3 Å². The fourth-order valence-corrected chi connectivity index (χ4v) is 12.8. The molecule has 0 aliphatic rings. The summed E-state index contributed by atoms with van der Waals surface area (Å²) in [5.41, 5.74) is 0. The molecule has 18 heteroatoms. The fraction of sp³-hybridized carbons (Fsp3) is 0.645. The first-order chi connectivity index (χ1) is 54.2. The number of aliphatic hydroxyl groups excluding tert-OH is 2. The van der Waals surface area contributed by atoms with Crippen LogP contribution in [0.5, 0.6) is 0 Å². The number of hydrogen-bond donors (Lipinski definition) is 4. The molecule has 0 aromatic heterocycles. The first-order valence-corrected chi connectivity index (χ1v) is 46.1. The lowest BCUT2D eigenvalue weighted by molar-refractivity contribution is -0.161. The highest BCUT2D eigenvalue weighted by Gasteiger charge is 2.29. The van der Waals surface area contributed by atoms with Crippen LogP contribution in [0.2, 0.25) is 0 Å². The largest absolute Gasteiger partial charge is 0.472 e. The Morgan fingerprint density at radius 1 is 0.252 bits per heavy atom. The van der Waals surface area contributed by atoms with Crippen molar-refractivity contribution >= 4 is 33.6 Å². The molecular weight excluding hydrogens is 1430 g/mol. The fourth-order valence-electron chi connectivity index (χ4n) is 11.2. The van der Waals surface area contributed by atoms with E-state index >= 15 is 0 Å². The van der Waals surface area contributed by atoms with Gasteiger partial charge in [-0.25, -0.2) is 9.13 Å². The van der Waals surface area contributed by atoms with E-state index in [4.69, 9.17) is 32.3 Å². The molecule has 5 atom stereocenters. The maximum Gasteiger partial charge on any atom is 0.472 e. The van der Waals surface area contributed by atoms with E-state index < -0.39 is 91.5 Å². The van der Waals surface area contributed by atoms with E-state index in [0.717, 1.165) is 212 Å². The van der Waals surface area contributed by atoms with E-state index in [0.29, 0.717) is 19.3 Å². The van der Waals surface area contributed by atoms with Crippen LogP contribution in [-0.2, 0) is 55.8 Å². The second-order valence-corrected chi connectivity index (χ2v) is 31.1. The van der Waals surface area contributed by atoms with Crippen LogP contribution in [-0.4, -0.2) is 95.9 Å². The van der Waals surface area contributed by atoms with E-state index in [9.17, 15) is 43.5 Å². The Kier molecular flexibility index (Phi) is 80.0. The predicted octanol–water partition coefficient (Wildman–Crippen LogP) is 26.1. The molecule has 0 spiro atoms. The lowest BCUT2D eigenvalue weighted by atomic mass is 10.0. The second kappa shape index (κ2) is 84.1. The molecule has 0 aliphatic heterocycles. The van der Waals surface area contributed by atoms with Crippen LogP contribution in [0.15, 0.2) is 182 Å². The molecule has 0 rings (SSSR count). The van der Waals surface area contributed by atoms with Crippen molar-refractivity contribution in [3.05, 3.63) is 182 Å². The van der Waals surface area contributed by atoms with E-state index in [2.05, 4.69) is 203 Å². The first kappa shape index (κ1) is 106. The quantitative estimate of drug-likeness (QED) is 0.0146. The molecule has 0 aromatic rings. The van der Waals surface area contributed by atoms with Gasteiger partial charge in [-0.05, 0) is 154 Å². The van der Waals surface area contributed by atoms with Gasteiger partial charge in [-0.2, -0.15) is 0 Å². The third-order valence-corrected chi connectivity index (χ3v) is 19.5. The number of hydrogen-bond acceptors (Lipinski definition) is 14. The highest BCUT2D eigenvalue weighted by Crippen LogP contribution is 2.45. The Bertz CT molecular complexity index is 2750. The molecule has 5 unspecified atom stereocenters. The molecule has 0 bridgehead atoms. The lowest BCUT2D eigenvalue weighted by Gasteiger charge is -2.21. The maximum atomic E-state index is 13.0. The van der Waals surface area contributed by atoms with Gasteiger partial charge in [0.25, 0.3) is 0 Å². The van der Waals surface area contributed by atoms with Gasteiger partial charge in [0.2, 0.25) is 0 Å². The van der Waals surface area contributed by atoms with Gasteiger partial charge in [0, 0.05) is 19.3 Å². The molecule has 0 radical (unpaired) electrons. The minimum atomic E-state index is -4.95. The smallest absolute Gasteiger partial charge is 0.463 e. The summed E-state index contributed by atoms with van der Waals surface area (Å²) in [7, 11) is -9.81. The Labute approximate surface area is 675 Å². The van der Waals surface area contributed by atoms with Crippen molar-refractivity contribution in [3.63, 3.8) is 0 Å². The molecule has 0 aliphatic carbocycles. The number of unbranched alkanes of at least 4 members (excludes halogenated alkanes) is 27. The zero-order chi connectivity index (χ0) is 80.8. The SMILES string of the molecule is CC/C=C\C/C=C\C/C=C\C/C=C\C/C=C\C/C=C\CCCCCCCCCCCCCCC(=O)OCC(O)COP(=O)(O)OCC(O)COP(=O)(O)OCC(COC(=O)CCCCCCCCCC/C=C\C/C=C\C/C=C\C/C=C\C/C=C\C/C=C\CC)OC(=O)CCCCCCCCC/C=C\C/C=C\C/C=C\CC. The second-order valence-electron chi connectivity index (χ2n) is 28.2. The van der Waals surface area contributed by atoms with Gasteiger partial charge in [0.05, 0.1) is 26.4 Å². The summed E-state index contributed by atoms with van der Waals surface area (Å²) in [5, 5.41) is 20.7. The number of carbonyl (C=O) groups is 3. The zero-order valence-electron chi connectivity index (χ0n) is 69.3. The van der Waals surface area contributed by atoms with Gasteiger partial charge in [0.1, 0.15) is 25.4 Å². The van der Waals surface area contributed by atoms with Crippen molar-refractivity contribution in [2.24, 2.45) is 0 Å². The van der Waals surface area contributed by atoms with Crippen molar-refractivity contribution in [3.8, 4) is 0 Å². The third-order valence-electron chi connectivity index (χ3n) is 17.6. The third kappa shape index (κ3) is 85.4. The summed E-state index contributed by atoms with van der Waals surface area (Å²) >= 11 is 0. The molecule has 4 N–H and O–H groups in total. The standard InChI is InChI=1S/C93H154O16P2/c1-4-7-10-13-16-19-22-25-28-31-33-35-37-39-41-42-43-44-46-48-49-51-53-56-58-61-64-67-70-73-76-79-91(96)103-82-88(94)83-105-110(99,100)106-84-89(95)85-107-111(101,102)108-87-90(109-93(98)81-78-75-72-69-66-63-60-55-30-27-24-21-18-15-12-9-6-3)86-104-92(97)80-77-74-71-68-65-62-59-57-54-52-50-47-45-40-38-36-34-32-29-26-23-20-17-14-11-8-5-2/h7-12,16-21,25-30,33-36,39-41,43-45,50,52,88-90,94-95H,4-6,13-15,22-24,31-32,37-38,42,46-49,51,53-87H2,1-3H3,(H,99,100)(H,101,102)/b10-7-,11-8-,12-9-,19-16-,20-17-,21-18-,28-25-,29-26-,30-27-,35-33-,36-34-,41-39-,44-43-,45-40-,52-50-. The number of esters is 3. The summed E-state index contributed by atoms with van der Waals surface area (Å²) in [4.78, 5) is 58.9. The van der Waals surface area contributed by atoms with Crippen LogP contribution >= 0.6 is 15.6 Å². The molecule has 632 valence electrons. The predicted molar refractivity (Wildman–Crippen MR) is 463 cm³/mol. The van der Waals surface area contributed by atoms with Crippen LogP contribution < -0.4 is 0 Å². The van der Waals surface area contributed by atoms with Crippen LogP contribution in [0.25, 0.3) is 0 Å². The minimum Gasteiger partial charge on any atom is -0.463 e. The van der Waals surface area contributed by atoms with Crippen molar-refractivity contribution in [1.82, 2.24) is 0 Å². The molecule has 111 heavy (non-hydrogen) atoms. The Morgan fingerprint density at radius 3 is 0.712 bits per heavy atom. The Morgan fingerprint density at radius 2 is 0.450 bits per heavy atom. The summed E-state index contributed by atoms with van der Waals surface area (Å²) < 4.78 is 61.3. The van der Waals surface area contributed by atoms with Gasteiger partial charge in [0.15, 0.2) is 6.10 Å². The van der Waals surface area contributed by atoms with Crippen molar-refractivity contribution in [2.75, 3.05) is 39.6 Å². The topological polar surface area (TPSA) is 231 Å². The average molecular weight is 1590 g/mol. The van der Waals surface area contributed by atoms with Crippen LogP contribution in [0.1, 0.15) is 329 Å². The molecule has 0 heterocycles. The molecule has 0 saturated heterocycles. The highest BCUT2D eigenvalue weighted by atomic mass is 31.2. The van der Waals surface area contributed by atoms with Crippen LogP contribution in [0, 0.1) is 0 Å². The van der Waals surface area contributed by atoms with E-state index in [1.807, 2.05) is 0 Å². The molecule has 0 aromatic carbocycles. The Balaban J connectivity index is 4.58. The van der Waals surface area contributed by atoms with Crippen LogP contribution in [0.3, 0.4) is 0 Å². The normalized spacial score (nSPS) is 14.8. The number of rotatable bonds is 80. The lowest BCUT2D eigenvalue weighted by Crippen LogP contribution is -2.30. The zero-order valence-corrected chi connectivity index (χ0v) is 71.1. The Hall–Kier alpha value is -5.35. The van der Waals surface area contributed by atoms with Crippen molar-refractivity contribution in [2.45, 2.75) is 347 Å². The molecular formula is C93H154O16P2. The highest BCUT2D eigenvalue weighted by molar-refractivity contribution is 7.47. The summed E-state index contributed by atoms with van der Waals surface area (Å²) in [6.07, 6.45) is 109. The van der Waals surface area contributed by atoms with Gasteiger partial charge < -0.3 is 34.2 Å². The minimum absolute atomic E-state index is 0.0859. The van der Waals surface area contributed by atoms with Crippen molar-refractivity contribution < 1.29 is 75.8 Å². The monoisotopic (exact) mass is 1590 g/mol. The van der Waals surface area contributed by atoms with Crippen molar-refractivity contribution in [1.29, 1.82) is 0 Å². The van der Waals surface area contributed by atoms with E-state index in [1.54, 1.807) is 0 Å². The molecule has 16 nitrogen and oxygen atoms in total. The number of phosphoric acid groups is 2. The average Bonchev–Trinajstić information content (AvgIpc) is 0.900. The maximum absolute atomic E-state index is 13.0.